The number of aromatic nitrogens is 3. The molecule has 7 nitrogen and oxygen atoms in total. The Morgan fingerprint density at radius 1 is 1.17 bits per heavy atom. The van der Waals surface area contributed by atoms with Gasteiger partial charge in [-0.05, 0) is 30.9 Å². The van der Waals surface area contributed by atoms with Crippen LogP contribution in [0, 0.1) is 0 Å². The summed E-state index contributed by atoms with van der Waals surface area (Å²) in [6, 6.07) is 11.7. The second-order valence-electron chi connectivity index (χ2n) is 7.27. The zero-order chi connectivity index (χ0) is 20.2. The van der Waals surface area contributed by atoms with Crippen LogP contribution in [0.1, 0.15) is 35.2 Å². The maximum Gasteiger partial charge on any atom is 0.342 e. The molecule has 2 aromatic heterocycles. The van der Waals surface area contributed by atoms with Crippen molar-refractivity contribution in [3.63, 3.8) is 0 Å². The van der Waals surface area contributed by atoms with Crippen LogP contribution in [0.5, 0.6) is 0 Å². The third-order valence-electron chi connectivity index (χ3n) is 5.13. The molecule has 0 saturated heterocycles. The first-order valence-corrected chi connectivity index (χ1v) is 9.71. The van der Waals surface area contributed by atoms with E-state index in [0.29, 0.717) is 6.61 Å². The molecule has 0 spiro atoms. The van der Waals surface area contributed by atoms with Crippen molar-refractivity contribution in [2.24, 2.45) is 7.05 Å². The average molecular weight is 392 g/mol. The lowest BCUT2D eigenvalue weighted by molar-refractivity contribution is -0.0441. The van der Waals surface area contributed by atoms with E-state index >= 15 is 0 Å². The minimum atomic E-state index is -0.471. The largest absolute Gasteiger partial charge is 0.456 e. The fourth-order valence-corrected chi connectivity index (χ4v) is 3.56. The molecule has 150 valence electrons. The molecular weight excluding hydrogens is 368 g/mol. The highest BCUT2D eigenvalue weighted by Gasteiger charge is 2.32. The van der Waals surface area contributed by atoms with Gasteiger partial charge in [-0.15, -0.1) is 0 Å². The summed E-state index contributed by atoms with van der Waals surface area (Å²) in [7, 11) is 1.83. The zero-order valence-corrected chi connectivity index (χ0v) is 16.3. The molecule has 0 aliphatic heterocycles. The van der Waals surface area contributed by atoms with Crippen molar-refractivity contribution in [3.8, 4) is 11.1 Å². The van der Waals surface area contributed by atoms with Gasteiger partial charge in [-0.1, -0.05) is 30.3 Å². The second-order valence-corrected chi connectivity index (χ2v) is 7.27. The Balaban J connectivity index is 1.44. The van der Waals surface area contributed by atoms with E-state index in [2.05, 4.69) is 10.1 Å². The lowest BCUT2D eigenvalue weighted by Crippen LogP contribution is -2.29. The van der Waals surface area contributed by atoms with Gasteiger partial charge in [0, 0.05) is 30.6 Å². The van der Waals surface area contributed by atoms with Crippen LogP contribution in [0.2, 0.25) is 0 Å². The van der Waals surface area contributed by atoms with Gasteiger partial charge in [0.15, 0.2) is 0 Å². The summed E-state index contributed by atoms with van der Waals surface area (Å²) in [4.78, 5) is 17.0. The quantitative estimate of drug-likeness (QED) is 0.647. The number of anilines is 1. The number of carbonyl (C=O) groups is 1. The Morgan fingerprint density at radius 2 is 1.97 bits per heavy atom. The Hall–Kier alpha value is -3.19. The number of benzene rings is 1. The van der Waals surface area contributed by atoms with Crippen LogP contribution in [0.15, 0.2) is 55.0 Å². The van der Waals surface area contributed by atoms with E-state index < -0.39 is 5.97 Å². The molecule has 2 heterocycles. The molecule has 2 N–H and O–H groups in total. The number of rotatable bonds is 6. The van der Waals surface area contributed by atoms with Gasteiger partial charge in [-0.2, -0.15) is 5.10 Å². The number of hydrogen-bond donors (Lipinski definition) is 1. The van der Waals surface area contributed by atoms with Crippen LogP contribution in [0.3, 0.4) is 0 Å². The Morgan fingerprint density at radius 3 is 2.72 bits per heavy atom. The normalized spacial score (nSPS) is 18.7. The van der Waals surface area contributed by atoms with Gasteiger partial charge in [0.1, 0.15) is 17.5 Å². The van der Waals surface area contributed by atoms with E-state index in [1.165, 1.54) is 0 Å². The molecule has 1 aliphatic carbocycles. The number of esters is 1. The van der Waals surface area contributed by atoms with Crippen LogP contribution < -0.4 is 5.73 Å². The van der Waals surface area contributed by atoms with E-state index in [-0.39, 0.29) is 23.6 Å². The molecule has 1 aromatic carbocycles. The monoisotopic (exact) mass is 392 g/mol. The third-order valence-corrected chi connectivity index (χ3v) is 5.13. The summed E-state index contributed by atoms with van der Waals surface area (Å²) in [5.41, 5.74) is 8.94. The Bertz CT molecular complexity index is 987. The van der Waals surface area contributed by atoms with Crippen LogP contribution >= 0.6 is 0 Å². The number of aryl methyl sites for hydroxylation is 1. The highest BCUT2D eigenvalue weighted by atomic mass is 16.6. The SMILES string of the molecule is Cn1cc(-c2cnc(N)c(C(=O)O[C@H]3CCC[C@@H]3OCc3ccccc3)c2)cn1. The first kappa shape index (κ1) is 19.1. The molecule has 3 aromatic rings. The highest BCUT2D eigenvalue weighted by Crippen LogP contribution is 2.28. The molecule has 0 unspecified atom stereocenters. The van der Waals surface area contributed by atoms with Gasteiger partial charge < -0.3 is 15.2 Å². The van der Waals surface area contributed by atoms with Crippen LogP contribution in [-0.2, 0) is 23.1 Å². The molecule has 0 amide bonds. The number of nitrogen functional groups attached to an aromatic ring is 1. The predicted molar refractivity (Wildman–Crippen MR) is 109 cm³/mol. The van der Waals surface area contributed by atoms with Gasteiger partial charge >= 0.3 is 5.97 Å². The molecule has 0 bridgehead atoms. The number of ether oxygens (including phenoxy) is 2. The van der Waals surface area contributed by atoms with Crippen molar-refractivity contribution >= 4 is 11.8 Å². The van der Waals surface area contributed by atoms with Gasteiger partial charge in [-0.25, -0.2) is 9.78 Å². The van der Waals surface area contributed by atoms with Crippen molar-refractivity contribution in [2.75, 3.05) is 5.73 Å². The Labute approximate surface area is 169 Å². The van der Waals surface area contributed by atoms with E-state index in [0.717, 1.165) is 36.0 Å². The minimum absolute atomic E-state index is 0.116. The van der Waals surface area contributed by atoms with Gasteiger partial charge in [0.2, 0.25) is 0 Å². The predicted octanol–water partition coefficient (Wildman–Crippen LogP) is 3.36. The van der Waals surface area contributed by atoms with Gasteiger partial charge in [-0.3, -0.25) is 4.68 Å². The van der Waals surface area contributed by atoms with Crippen molar-refractivity contribution in [1.29, 1.82) is 0 Å². The van der Waals surface area contributed by atoms with E-state index in [4.69, 9.17) is 15.2 Å². The van der Waals surface area contributed by atoms with Gasteiger partial charge in [0.25, 0.3) is 0 Å². The third kappa shape index (κ3) is 4.46. The minimum Gasteiger partial charge on any atom is -0.456 e. The first-order valence-electron chi connectivity index (χ1n) is 9.71. The molecule has 4 rings (SSSR count). The maximum atomic E-state index is 12.8. The van der Waals surface area contributed by atoms with Crippen molar-refractivity contribution in [1.82, 2.24) is 14.8 Å². The van der Waals surface area contributed by atoms with Crippen LogP contribution in [0.25, 0.3) is 11.1 Å². The number of carbonyl (C=O) groups excluding carboxylic acids is 1. The molecule has 29 heavy (non-hydrogen) atoms. The van der Waals surface area contributed by atoms with Crippen molar-refractivity contribution in [2.45, 2.75) is 38.1 Å². The standard InChI is InChI=1S/C22H24N4O3/c1-26-13-17(12-25-26)16-10-18(21(23)24-11-16)22(27)29-20-9-5-8-19(20)28-14-15-6-3-2-4-7-15/h2-4,6-7,10-13,19-20H,5,8-9,14H2,1H3,(H2,23,24)/t19-,20-/m0/s1. The number of nitrogens with zero attached hydrogens (tertiary/aromatic N) is 3. The summed E-state index contributed by atoms with van der Waals surface area (Å²) in [6.07, 6.45) is 7.40. The second kappa shape index (κ2) is 8.45. The van der Waals surface area contributed by atoms with Crippen molar-refractivity contribution < 1.29 is 14.3 Å². The molecular formula is C22H24N4O3. The fourth-order valence-electron chi connectivity index (χ4n) is 3.56. The van der Waals surface area contributed by atoms with Gasteiger partial charge in [0.05, 0.1) is 18.9 Å². The highest BCUT2D eigenvalue weighted by molar-refractivity contribution is 5.95. The van der Waals surface area contributed by atoms with E-state index in [9.17, 15) is 4.79 Å². The topological polar surface area (TPSA) is 92.3 Å². The van der Waals surface area contributed by atoms with Crippen LogP contribution in [-0.4, -0.2) is 32.9 Å². The average Bonchev–Trinajstić information content (AvgIpc) is 3.36. The zero-order valence-electron chi connectivity index (χ0n) is 16.3. The number of hydrogen-bond acceptors (Lipinski definition) is 6. The summed E-state index contributed by atoms with van der Waals surface area (Å²) < 4.78 is 13.5. The lowest BCUT2D eigenvalue weighted by Gasteiger charge is -2.21. The summed E-state index contributed by atoms with van der Waals surface area (Å²) in [5, 5.41) is 4.15. The number of nitrogens with two attached hydrogens (primary N) is 1. The summed E-state index contributed by atoms with van der Waals surface area (Å²) >= 11 is 0. The smallest absolute Gasteiger partial charge is 0.342 e. The maximum absolute atomic E-state index is 12.8. The number of pyridine rings is 1. The first-order chi connectivity index (χ1) is 14.1. The van der Waals surface area contributed by atoms with Crippen LogP contribution in [0.4, 0.5) is 5.82 Å². The lowest BCUT2D eigenvalue weighted by atomic mass is 10.1. The van der Waals surface area contributed by atoms with E-state index in [1.54, 1.807) is 23.1 Å². The summed E-state index contributed by atoms with van der Waals surface area (Å²) in [6.45, 7) is 0.500. The van der Waals surface area contributed by atoms with Crippen molar-refractivity contribution in [3.05, 3.63) is 66.1 Å². The molecule has 1 aliphatic rings. The molecule has 1 fully saturated rings. The molecule has 0 radical (unpaired) electrons. The Kier molecular flexibility index (Phi) is 5.57. The molecule has 1 saturated carbocycles. The molecule has 2 atom stereocenters. The fraction of sp³-hybridized carbons (Fsp3) is 0.318. The molecule has 7 heteroatoms. The van der Waals surface area contributed by atoms with E-state index in [1.807, 2.05) is 43.6 Å². The summed E-state index contributed by atoms with van der Waals surface area (Å²) in [5.74, 6) is -0.316.